The number of hydrogen-bond acceptors (Lipinski definition) is 3. The fraction of sp³-hybridized carbons (Fsp3) is 0.385. The Balaban J connectivity index is 2.80. The van der Waals surface area contributed by atoms with Crippen LogP contribution in [0.3, 0.4) is 0 Å². The molecule has 1 aromatic rings. The van der Waals surface area contributed by atoms with E-state index < -0.39 is 0 Å². The van der Waals surface area contributed by atoms with Crippen LogP contribution in [-0.2, 0) is 0 Å². The van der Waals surface area contributed by atoms with Crippen molar-refractivity contribution in [3.8, 4) is 0 Å². The summed E-state index contributed by atoms with van der Waals surface area (Å²) in [5, 5.41) is 8.97. The van der Waals surface area contributed by atoms with Gasteiger partial charge in [-0.2, -0.15) is 0 Å². The Morgan fingerprint density at radius 3 is 2.50 bits per heavy atom. The maximum absolute atomic E-state index is 8.97. The minimum absolute atomic E-state index is 0.0553. The smallest absolute Gasteiger partial charge is 0.0606 e. The average molecular weight is 220 g/mol. The standard InChI is InChI=1S/C13H20N2O/c1-3-8-15(9-10-16)13-6-4-12(5-7-13)11(2)14/h3-7,11,16H,1,8-10,14H2,2H3/t11-/m0/s1. The van der Waals surface area contributed by atoms with Gasteiger partial charge in [0.05, 0.1) is 6.61 Å². The average Bonchev–Trinajstić information content (AvgIpc) is 2.29. The lowest BCUT2D eigenvalue weighted by molar-refractivity contribution is 0.303. The van der Waals surface area contributed by atoms with E-state index in [1.807, 2.05) is 37.3 Å². The number of rotatable bonds is 6. The van der Waals surface area contributed by atoms with E-state index in [0.717, 1.165) is 17.8 Å². The highest BCUT2D eigenvalue weighted by atomic mass is 16.3. The number of hydrogen-bond donors (Lipinski definition) is 2. The first kappa shape index (κ1) is 12.7. The van der Waals surface area contributed by atoms with Crippen LogP contribution in [0.2, 0.25) is 0 Å². The zero-order valence-corrected chi connectivity index (χ0v) is 9.76. The fourth-order valence-corrected chi connectivity index (χ4v) is 1.59. The normalized spacial score (nSPS) is 12.2. The second-order valence-electron chi connectivity index (χ2n) is 3.84. The summed E-state index contributed by atoms with van der Waals surface area (Å²) < 4.78 is 0. The molecule has 0 bridgehead atoms. The minimum Gasteiger partial charge on any atom is -0.395 e. The van der Waals surface area contributed by atoms with Crippen LogP contribution in [-0.4, -0.2) is 24.8 Å². The van der Waals surface area contributed by atoms with Gasteiger partial charge in [-0.1, -0.05) is 18.2 Å². The highest BCUT2D eigenvalue weighted by Gasteiger charge is 2.04. The molecule has 1 rings (SSSR count). The largest absolute Gasteiger partial charge is 0.395 e. The third-order valence-electron chi connectivity index (χ3n) is 2.50. The molecule has 0 aliphatic heterocycles. The lowest BCUT2D eigenvalue weighted by atomic mass is 10.1. The Hall–Kier alpha value is -1.32. The fourth-order valence-electron chi connectivity index (χ4n) is 1.59. The van der Waals surface area contributed by atoms with E-state index in [-0.39, 0.29) is 12.6 Å². The van der Waals surface area contributed by atoms with Crippen molar-refractivity contribution in [2.75, 3.05) is 24.6 Å². The van der Waals surface area contributed by atoms with Crippen LogP contribution in [0.1, 0.15) is 18.5 Å². The van der Waals surface area contributed by atoms with Crippen molar-refractivity contribution in [1.29, 1.82) is 0 Å². The van der Waals surface area contributed by atoms with Gasteiger partial charge in [-0.05, 0) is 24.6 Å². The van der Waals surface area contributed by atoms with Gasteiger partial charge < -0.3 is 15.7 Å². The third kappa shape index (κ3) is 3.36. The molecule has 88 valence electrons. The Morgan fingerprint density at radius 1 is 1.44 bits per heavy atom. The maximum atomic E-state index is 8.97. The van der Waals surface area contributed by atoms with Gasteiger partial charge in [0, 0.05) is 24.8 Å². The van der Waals surface area contributed by atoms with Gasteiger partial charge in [0.15, 0.2) is 0 Å². The number of anilines is 1. The zero-order chi connectivity index (χ0) is 12.0. The number of nitrogens with zero attached hydrogens (tertiary/aromatic N) is 1. The van der Waals surface area contributed by atoms with Crippen molar-refractivity contribution in [2.45, 2.75) is 13.0 Å². The van der Waals surface area contributed by atoms with Gasteiger partial charge >= 0.3 is 0 Å². The van der Waals surface area contributed by atoms with E-state index in [0.29, 0.717) is 6.54 Å². The van der Waals surface area contributed by atoms with E-state index in [1.165, 1.54) is 0 Å². The first-order valence-corrected chi connectivity index (χ1v) is 5.51. The first-order valence-electron chi connectivity index (χ1n) is 5.51. The first-order chi connectivity index (χ1) is 7.69. The zero-order valence-electron chi connectivity index (χ0n) is 9.76. The molecular formula is C13H20N2O. The molecule has 1 atom stereocenters. The summed E-state index contributed by atoms with van der Waals surface area (Å²) in [5.74, 6) is 0. The van der Waals surface area contributed by atoms with Gasteiger partial charge in [-0.15, -0.1) is 6.58 Å². The van der Waals surface area contributed by atoms with Gasteiger partial charge in [0.25, 0.3) is 0 Å². The monoisotopic (exact) mass is 220 g/mol. The third-order valence-corrected chi connectivity index (χ3v) is 2.50. The lowest BCUT2D eigenvalue weighted by Crippen LogP contribution is -2.26. The van der Waals surface area contributed by atoms with Crippen molar-refractivity contribution in [1.82, 2.24) is 0 Å². The molecule has 0 unspecified atom stereocenters. The summed E-state index contributed by atoms with van der Waals surface area (Å²) in [7, 11) is 0. The van der Waals surface area contributed by atoms with Crippen molar-refractivity contribution < 1.29 is 5.11 Å². The predicted molar refractivity (Wildman–Crippen MR) is 68.5 cm³/mol. The Kier molecular flexibility index (Phi) is 5.02. The van der Waals surface area contributed by atoms with Crippen LogP contribution < -0.4 is 10.6 Å². The summed E-state index contributed by atoms with van der Waals surface area (Å²) >= 11 is 0. The molecule has 0 aliphatic carbocycles. The van der Waals surface area contributed by atoms with Crippen molar-refractivity contribution >= 4 is 5.69 Å². The number of nitrogens with two attached hydrogens (primary N) is 1. The molecule has 0 heterocycles. The summed E-state index contributed by atoms with van der Waals surface area (Å²) in [6.45, 7) is 7.16. The number of aliphatic hydroxyl groups excluding tert-OH is 1. The maximum Gasteiger partial charge on any atom is 0.0606 e. The number of benzene rings is 1. The molecule has 3 heteroatoms. The SMILES string of the molecule is C=CCN(CCO)c1ccc([C@H](C)N)cc1. The number of aliphatic hydroxyl groups is 1. The molecule has 0 amide bonds. The molecule has 0 saturated carbocycles. The van der Waals surface area contributed by atoms with Gasteiger partial charge in [-0.25, -0.2) is 0 Å². The van der Waals surface area contributed by atoms with E-state index in [9.17, 15) is 0 Å². The van der Waals surface area contributed by atoms with Gasteiger partial charge in [0.1, 0.15) is 0 Å². The molecule has 0 aliphatic rings. The topological polar surface area (TPSA) is 49.5 Å². The Labute approximate surface area is 97.2 Å². The Bertz CT molecular complexity index is 319. The van der Waals surface area contributed by atoms with Crippen LogP contribution in [0.5, 0.6) is 0 Å². The molecular weight excluding hydrogens is 200 g/mol. The molecule has 0 radical (unpaired) electrons. The van der Waals surface area contributed by atoms with Gasteiger partial charge in [-0.3, -0.25) is 0 Å². The molecule has 0 fully saturated rings. The van der Waals surface area contributed by atoms with Crippen molar-refractivity contribution in [2.24, 2.45) is 5.73 Å². The second-order valence-corrected chi connectivity index (χ2v) is 3.84. The molecule has 16 heavy (non-hydrogen) atoms. The molecule has 0 aromatic heterocycles. The highest BCUT2D eigenvalue weighted by Crippen LogP contribution is 2.17. The van der Waals surface area contributed by atoms with E-state index in [2.05, 4.69) is 11.5 Å². The van der Waals surface area contributed by atoms with E-state index >= 15 is 0 Å². The summed E-state index contributed by atoms with van der Waals surface area (Å²) in [6, 6.07) is 8.15. The summed E-state index contributed by atoms with van der Waals surface area (Å²) in [5.41, 5.74) is 7.99. The molecule has 3 N–H and O–H groups in total. The summed E-state index contributed by atoms with van der Waals surface area (Å²) in [4.78, 5) is 2.07. The van der Waals surface area contributed by atoms with E-state index in [4.69, 9.17) is 10.8 Å². The minimum atomic E-state index is 0.0553. The summed E-state index contributed by atoms with van der Waals surface area (Å²) in [6.07, 6.45) is 1.83. The van der Waals surface area contributed by atoms with Crippen LogP contribution in [0.15, 0.2) is 36.9 Å². The molecule has 0 saturated heterocycles. The molecule has 0 spiro atoms. The predicted octanol–water partition coefficient (Wildman–Crippen LogP) is 1.69. The van der Waals surface area contributed by atoms with Crippen LogP contribution in [0.25, 0.3) is 0 Å². The van der Waals surface area contributed by atoms with Crippen LogP contribution >= 0.6 is 0 Å². The van der Waals surface area contributed by atoms with Crippen molar-refractivity contribution in [3.63, 3.8) is 0 Å². The van der Waals surface area contributed by atoms with E-state index in [1.54, 1.807) is 0 Å². The molecule has 1 aromatic carbocycles. The Morgan fingerprint density at radius 2 is 2.06 bits per heavy atom. The quantitative estimate of drug-likeness (QED) is 0.717. The van der Waals surface area contributed by atoms with Gasteiger partial charge in [0.2, 0.25) is 0 Å². The van der Waals surface area contributed by atoms with Crippen LogP contribution in [0.4, 0.5) is 5.69 Å². The van der Waals surface area contributed by atoms with Crippen molar-refractivity contribution in [3.05, 3.63) is 42.5 Å². The van der Waals surface area contributed by atoms with Crippen LogP contribution in [0, 0.1) is 0 Å². The second kappa shape index (κ2) is 6.30. The molecule has 3 nitrogen and oxygen atoms in total. The highest BCUT2D eigenvalue weighted by molar-refractivity contribution is 5.48. The lowest BCUT2D eigenvalue weighted by Gasteiger charge is -2.22.